The van der Waals surface area contributed by atoms with Crippen molar-refractivity contribution in [3.8, 4) is 0 Å². The van der Waals surface area contributed by atoms with Crippen LogP contribution in [0, 0.1) is 0 Å². The molecule has 0 saturated heterocycles. The molecule has 0 aromatic rings. The summed E-state index contributed by atoms with van der Waals surface area (Å²) in [5.41, 5.74) is 0. The first kappa shape index (κ1) is 8.94. The topological polar surface area (TPSA) is 61.7 Å². The van der Waals surface area contributed by atoms with E-state index in [-0.39, 0.29) is 12.6 Å². The molecule has 0 aromatic heterocycles. The summed E-state index contributed by atoms with van der Waals surface area (Å²) >= 11 is 0. The van der Waals surface area contributed by atoms with Crippen molar-refractivity contribution in [1.82, 2.24) is 0 Å². The Bertz CT molecular complexity index is 131. The van der Waals surface area contributed by atoms with Crippen molar-refractivity contribution < 1.29 is 14.6 Å². The van der Waals surface area contributed by atoms with Gasteiger partial charge in [0, 0.05) is 0 Å². The summed E-state index contributed by atoms with van der Waals surface area (Å²) in [7, 11) is 0. The van der Waals surface area contributed by atoms with Crippen LogP contribution in [0.3, 0.4) is 0 Å². The summed E-state index contributed by atoms with van der Waals surface area (Å²) in [6.45, 7) is 3.31. The third-order valence-electron chi connectivity index (χ3n) is 0.628. The van der Waals surface area contributed by atoms with Crippen molar-refractivity contribution >= 4 is 12.4 Å². The third-order valence-corrected chi connectivity index (χ3v) is 0.628. The predicted octanol–water partition coefficient (Wildman–Crippen LogP) is -0.810. The van der Waals surface area contributed by atoms with E-state index in [0.717, 1.165) is 6.40 Å². The zero-order valence-electron chi connectivity index (χ0n) is 6.03. The zero-order valence-corrected chi connectivity index (χ0v) is 6.03. The molecule has 0 bridgehead atoms. The van der Waals surface area contributed by atoms with Gasteiger partial charge in [-0.05, 0) is 13.8 Å². The molecule has 4 heteroatoms. The second-order valence-electron chi connectivity index (χ2n) is 2.00. The second kappa shape index (κ2) is 4.78. The van der Waals surface area contributed by atoms with Gasteiger partial charge in [0.15, 0.2) is 6.40 Å². The molecule has 0 N–H and O–H groups in total. The van der Waals surface area contributed by atoms with Crippen LogP contribution >= 0.6 is 0 Å². The average molecular weight is 144 g/mol. The van der Waals surface area contributed by atoms with Gasteiger partial charge in [-0.15, -0.1) is 0 Å². The summed E-state index contributed by atoms with van der Waals surface area (Å²) in [4.78, 5) is 13.2. The summed E-state index contributed by atoms with van der Waals surface area (Å²) < 4.78 is 4.81. The first-order chi connectivity index (χ1) is 4.63. The molecule has 0 fully saturated rings. The maximum absolute atomic E-state index is 9.76. The van der Waals surface area contributed by atoms with Gasteiger partial charge in [0.05, 0.1) is 18.6 Å². The van der Waals surface area contributed by atoms with Gasteiger partial charge in [-0.2, -0.15) is 0 Å². The Balaban J connectivity index is 3.29. The molecule has 58 valence electrons. The molecule has 0 aliphatic heterocycles. The summed E-state index contributed by atoms with van der Waals surface area (Å²) in [6, 6.07) is 0. The van der Waals surface area contributed by atoms with Gasteiger partial charge < -0.3 is 14.6 Å². The quantitative estimate of drug-likeness (QED) is 0.383. The average Bonchev–Trinajstić information content (AvgIpc) is 1.79. The summed E-state index contributed by atoms with van der Waals surface area (Å²) in [5, 5.41) is 9.76. The van der Waals surface area contributed by atoms with Crippen molar-refractivity contribution in [2.45, 2.75) is 20.0 Å². The lowest BCUT2D eigenvalue weighted by Gasteiger charge is -2.01. The van der Waals surface area contributed by atoms with Gasteiger partial charge in [0.25, 0.3) is 0 Å². The minimum absolute atomic E-state index is 0.0329. The van der Waals surface area contributed by atoms with E-state index < -0.39 is 5.97 Å². The fourth-order valence-corrected chi connectivity index (χ4v) is 0.277. The van der Waals surface area contributed by atoms with E-state index in [0.29, 0.717) is 0 Å². The molecular formula is C6H10NO3-. The molecule has 0 aliphatic rings. The number of rotatable bonds is 4. The Morgan fingerprint density at radius 3 is 2.80 bits per heavy atom. The minimum Gasteiger partial charge on any atom is -0.548 e. The molecular weight excluding hydrogens is 134 g/mol. The number of ether oxygens (including phenoxy) is 1. The van der Waals surface area contributed by atoms with Gasteiger partial charge in [0.2, 0.25) is 0 Å². The lowest BCUT2D eigenvalue weighted by Crippen LogP contribution is -2.25. The van der Waals surface area contributed by atoms with Crippen LogP contribution < -0.4 is 5.11 Å². The van der Waals surface area contributed by atoms with Crippen LogP contribution in [0.25, 0.3) is 0 Å². The highest BCUT2D eigenvalue weighted by atomic mass is 16.5. The smallest absolute Gasteiger partial charge is 0.170 e. The monoisotopic (exact) mass is 144 g/mol. The van der Waals surface area contributed by atoms with Crippen LogP contribution in [0.2, 0.25) is 0 Å². The lowest BCUT2D eigenvalue weighted by atomic mass is 10.5. The SMILES string of the molecule is CC(C)OC=NCC(=O)[O-]. The normalized spacial score (nSPS) is 10.7. The second-order valence-corrected chi connectivity index (χ2v) is 2.00. The molecule has 0 rings (SSSR count). The highest BCUT2D eigenvalue weighted by Gasteiger charge is 1.85. The van der Waals surface area contributed by atoms with Gasteiger partial charge >= 0.3 is 0 Å². The van der Waals surface area contributed by atoms with E-state index in [1.54, 1.807) is 0 Å². The van der Waals surface area contributed by atoms with Crippen LogP contribution in [0.15, 0.2) is 4.99 Å². The van der Waals surface area contributed by atoms with Gasteiger partial charge in [-0.25, -0.2) is 0 Å². The molecule has 0 saturated carbocycles. The largest absolute Gasteiger partial charge is 0.548 e. The minimum atomic E-state index is -1.20. The number of carbonyl (C=O) groups is 1. The third kappa shape index (κ3) is 6.94. The van der Waals surface area contributed by atoms with Crippen LogP contribution in [0.5, 0.6) is 0 Å². The fraction of sp³-hybridized carbons (Fsp3) is 0.667. The highest BCUT2D eigenvalue weighted by molar-refractivity contribution is 5.68. The Hall–Kier alpha value is -1.06. The van der Waals surface area contributed by atoms with E-state index >= 15 is 0 Å². The van der Waals surface area contributed by atoms with Crippen LogP contribution in [-0.4, -0.2) is 25.0 Å². The molecule has 4 nitrogen and oxygen atoms in total. The molecule has 0 aromatic carbocycles. The number of carboxylic acid groups (broad SMARTS) is 1. The van der Waals surface area contributed by atoms with E-state index in [1.165, 1.54) is 0 Å². The maximum atomic E-state index is 9.76. The molecule has 0 spiro atoms. The van der Waals surface area contributed by atoms with E-state index in [2.05, 4.69) is 4.99 Å². The van der Waals surface area contributed by atoms with Crippen LogP contribution in [0.1, 0.15) is 13.8 Å². The summed E-state index contributed by atoms with van der Waals surface area (Å²) in [6.07, 6.45) is 1.16. The Kier molecular flexibility index (Phi) is 4.28. The van der Waals surface area contributed by atoms with Crippen LogP contribution in [0.4, 0.5) is 0 Å². The maximum Gasteiger partial charge on any atom is 0.170 e. The molecule has 0 unspecified atom stereocenters. The standard InChI is InChI=1S/C6H11NO3/c1-5(2)10-4-7-3-6(8)9/h4-5H,3H2,1-2H3,(H,8,9)/p-1. The molecule has 0 heterocycles. The van der Waals surface area contributed by atoms with E-state index in [4.69, 9.17) is 4.74 Å². The van der Waals surface area contributed by atoms with Gasteiger partial charge in [-0.3, -0.25) is 4.99 Å². The Morgan fingerprint density at radius 1 is 1.80 bits per heavy atom. The molecule has 0 radical (unpaired) electrons. The van der Waals surface area contributed by atoms with Crippen molar-refractivity contribution in [2.75, 3.05) is 6.54 Å². The van der Waals surface area contributed by atoms with Crippen molar-refractivity contribution in [3.63, 3.8) is 0 Å². The summed E-state index contributed by atoms with van der Waals surface area (Å²) in [5.74, 6) is -1.20. The van der Waals surface area contributed by atoms with E-state index in [9.17, 15) is 9.90 Å². The lowest BCUT2D eigenvalue weighted by molar-refractivity contribution is -0.303. The Labute approximate surface area is 59.5 Å². The first-order valence-electron chi connectivity index (χ1n) is 2.96. The van der Waals surface area contributed by atoms with Crippen molar-refractivity contribution in [3.05, 3.63) is 0 Å². The number of aliphatic imine (C=N–C) groups is 1. The zero-order chi connectivity index (χ0) is 7.98. The van der Waals surface area contributed by atoms with E-state index in [1.807, 2.05) is 13.8 Å². The number of hydrogen-bond donors (Lipinski definition) is 0. The van der Waals surface area contributed by atoms with Crippen molar-refractivity contribution in [1.29, 1.82) is 0 Å². The first-order valence-corrected chi connectivity index (χ1v) is 2.96. The number of nitrogens with zero attached hydrogens (tertiary/aromatic N) is 1. The molecule has 10 heavy (non-hydrogen) atoms. The van der Waals surface area contributed by atoms with Crippen molar-refractivity contribution in [2.24, 2.45) is 4.99 Å². The highest BCUT2D eigenvalue weighted by Crippen LogP contribution is 1.82. The predicted molar refractivity (Wildman–Crippen MR) is 34.6 cm³/mol. The molecule has 0 amide bonds. The van der Waals surface area contributed by atoms with Crippen LogP contribution in [-0.2, 0) is 9.53 Å². The number of aliphatic carboxylic acids is 1. The number of hydrogen-bond acceptors (Lipinski definition) is 4. The molecule has 0 aliphatic carbocycles. The fourth-order valence-electron chi connectivity index (χ4n) is 0.277. The number of carbonyl (C=O) groups excluding carboxylic acids is 1. The van der Waals surface area contributed by atoms with Gasteiger partial charge in [0.1, 0.15) is 0 Å². The van der Waals surface area contributed by atoms with Gasteiger partial charge in [-0.1, -0.05) is 0 Å². The number of carboxylic acids is 1. The Morgan fingerprint density at radius 2 is 2.40 bits per heavy atom. The molecule has 0 atom stereocenters.